The number of fused-ring (bicyclic) bond motifs is 1. The topological polar surface area (TPSA) is 68.1 Å². The first-order valence-corrected chi connectivity index (χ1v) is 7.81. The third-order valence-corrected chi connectivity index (χ3v) is 4.34. The van der Waals surface area contributed by atoms with Crippen molar-refractivity contribution in [1.29, 1.82) is 0 Å². The molecule has 2 heterocycles. The van der Waals surface area contributed by atoms with Crippen molar-refractivity contribution in [3.8, 4) is 0 Å². The number of aromatic nitrogens is 1. The summed E-state index contributed by atoms with van der Waals surface area (Å²) in [5, 5.41) is 16.9. The molecule has 0 unspecified atom stereocenters. The Bertz CT molecular complexity index is 819. The van der Waals surface area contributed by atoms with Gasteiger partial charge >= 0.3 is 5.00 Å². The van der Waals surface area contributed by atoms with E-state index < -0.39 is 0 Å². The van der Waals surface area contributed by atoms with Gasteiger partial charge in [-0.15, -0.1) is 0 Å². The maximum atomic E-state index is 10.7. The second-order valence-corrected chi connectivity index (χ2v) is 6.24. The van der Waals surface area contributed by atoms with Crippen LogP contribution in [0.1, 0.15) is 5.56 Å². The van der Waals surface area contributed by atoms with Gasteiger partial charge in [0.1, 0.15) is 0 Å². The molecule has 0 saturated carbocycles. The third-order valence-electron chi connectivity index (χ3n) is 2.98. The Morgan fingerprint density at radius 3 is 3.00 bits per heavy atom. The number of halogens is 1. The van der Waals surface area contributed by atoms with Crippen LogP contribution in [0, 0.1) is 10.1 Å². The molecule has 21 heavy (non-hydrogen) atoms. The molecule has 0 saturated heterocycles. The summed E-state index contributed by atoms with van der Waals surface area (Å²) in [5.41, 5.74) is 2.68. The standard InChI is InChI=1S/C14H10BrN3O2S/c15-11-5-10-2-1-3-12(14(10)17-7-11)16-6-9-4-13(18(19)20)21-8-9/h1-5,7-8,16H,6H2. The van der Waals surface area contributed by atoms with Crippen LogP contribution in [-0.2, 0) is 6.54 Å². The highest BCUT2D eigenvalue weighted by Crippen LogP contribution is 2.26. The van der Waals surface area contributed by atoms with E-state index in [9.17, 15) is 10.1 Å². The molecule has 1 aromatic carbocycles. The van der Waals surface area contributed by atoms with Crippen LogP contribution in [0.2, 0.25) is 0 Å². The summed E-state index contributed by atoms with van der Waals surface area (Å²) in [6.07, 6.45) is 1.75. The van der Waals surface area contributed by atoms with E-state index in [0.717, 1.165) is 38.0 Å². The minimum absolute atomic E-state index is 0.159. The van der Waals surface area contributed by atoms with Gasteiger partial charge in [-0.25, -0.2) is 0 Å². The minimum Gasteiger partial charge on any atom is -0.379 e. The van der Waals surface area contributed by atoms with E-state index in [-0.39, 0.29) is 9.92 Å². The number of hydrogen-bond acceptors (Lipinski definition) is 5. The molecule has 106 valence electrons. The fourth-order valence-corrected chi connectivity index (χ4v) is 3.10. The SMILES string of the molecule is O=[N+]([O-])c1cc(CNc2cccc3cc(Br)cnc23)cs1. The number of nitrogens with one attached hydrogen (secondary N) is 1. The molecule has 7 heteroatoms. The fourth-order valence-electron chi connectivity index (χ4n) is 2.03. The zero-order valence-corrected chi connectivity index (χ0v) is 13.1. The molecular weight excluding hydrogens is 354 g/mol. The molecule has 2 aromatic heterocycles. The Hall–Kier alpha value is -1.99. The molecule has 0 atom stereocenters. The van der Waals surface area contributed by atoms with Gasteiger partial charge in [-0.05, 0) is 33.6 Å². The van der Waals surface area contributed by atoms with E-state index in [1.807, 2.05) is 24.3 Å². The second kappa shape index (κ2) is 5.79. The van der Waals surface area contributed by atoms with Gasteiger partial charge < -0.3 is 5.32 Å². The molecule has 0 bridgehead atoms. The first-order valence-electron chi connectivity index (χ1n) is 6.13. The van der Waals surface area contributed by atoms with E-state index in [0.29, 0.717) is 6.54 Å². The summed E-state index contributed by atoms with van der Waals surface area (Å²) in [5.74, 6) is 0. The lowest BCUT2D eigenvalue weighted by Gasteiger charge is -2.08. The van der Waals surface area contributed by atoms with Crippen molar-refractivity contribution in [1.82, 2.24) is 4.98 Å². The average molecular weight is 364 g/mol. The predicted molar refractivity (Wildman–Crippen MR) is 87.7 cm³/mol. The lowest BCUT2D eigenvalue weighted by molar-refractivity contribution is -0.380. The predicted octanol–water partition coefficient (Wildman–Crippen LogP) is 4.58. The Morgan fingerprint density at radius 1 is 1.38 bits per heavy atom. The number of anilines is 1. The lowest BCUT2D eigenvalue weighted by atomic mass is 10.2. The lowest BCUT2D eigenvalue weighted by Crippen LogP contribution is -1.99. The molecule has 0 aliphatic rings. The van der Waals surface area contributed by atoms with Gasteiger partial charge in [-0.2, -0.15) is 0 Å². The molecule has 0 aliphatic carbocycles. The van der Waals surface area contributed by atoms with Crippen LogP contribution < -0.4 is 5.32 Å². The highest BCUT2D eigenvalue weighted by molar-refractivity contribution is 9.10. The van der Waals surface area contributed by atoms with Crippen molar-refractivity contribution < 1.29 is 4.92 Å². The van der Waals surface area contributed by atoms with Gasteiger partial charge in [0.2, 0.25) is 0 Å². The molecule has 0 spiro atoms. The quantitative estimate of drug-likeness (QED) is 0.544. The average Bonchev–Trinajstić information content (AvgIpc) is 2.93. The molecule has 5 nitrogen and oxygen atoms in total. The summed E-state index contributed by atoms with van der Waals surface area (Å²) in [7, 11) is 0. The van der Waals surface area contributed by atoms with Crippen molar-refractivity contribution in [2.45, 2.75) is 6.54 Å². The number of nitrogens with zero attached hydrogens (tertiary/aromatic N) is 2. The number of hydrogen-bond donors (Lipinski definition) is 1. The molecule has 0 amide bonds. The smallest absolute Gasteiger partial charge is 0.324 e. The van der Waals surface area contributed by atoms with Gasteiger partial charge in [0.05, 0.1) is 16.1 Å². The molecule has 0 radical (unpaired) electrons. The molecular formula is C14H10BrN3O2S. The number of nitro groups is 1. The van der Waals surface area contributed by atoms with Crippen molar-refractivity contribution in [2.75, 3.05) is 5.32 Å². The summed E-state index contributed by atoms with van der Waals surface area (Å²) < 4.78 is 0.931. The molecule has 0 aliphatic heterocycles. The zero-order valence-electron chi connectivity index (χ0n) is 10.7. The molecule has 3 rings (SSSR count). The van der Waals surface area contributed by atoms with Gasteiger partial charge in [0, 0.05) is 34.0 Å². The zero-order chi connectivity index (χ0) is 14.8. The maximum absolute atomic E-state index is 10.7. The number of rotatable bonds is 4. The largest absolute Gasteiger partial charge is 0.379 e. The van der Waals surface area contributed by atoms with Crippen LogP contribution in [0.4, 0.5) is 10.7 Å². The van der Waals surface area contributed by atoms with E-state index in [1.54, 1.807) is 17.6 Å². The summed E-state index contributed by atoms with van der Waals surface area (Å²) in [6.45, 7) is 0.529. The van der Waals surface area contributed by atoms with Crippen LogP contribution in [-0.4, -0.2) is 9.91 Å². The van der Waals surface area contributed by atoms with Gasteiger partial charge in [-0.3, -0.25) is 15.1 Å². The fraction of sp³-hybridized carbons (Fsp3) is 0.0714. The molecule has 1 N–H and O–H groups in total. The first kappa shape index (κ1) is 14.0. The number of benzene rings is 1. The maximum Gasteiger partial charge on any atom is 0.324 e. The Labute approximate surface area is 132 Å². The van der Waals surface area contributed by atoms with Crippen molar-refractivity contribution in [2.24, 2.45) is 0 Å². The number of thiophene rings is 1. The van der Waals surface area contributed by atoms with E-state index in [1.165, 1.54) is 0 Å². The van der Waals surface area contributed by atoms with E-state index in [2.05, 4.69) is 26.2 Å². The second-order valence-electron chi connectivity index (χ2n) is 4.43. The summed E-state index contributed by atoms with van der Waals surface area (Å²) >= 11 is 4.54. The Balaban J connectivity index is 1.83. The van der Waals surface area contributed by atoms with Crippen LogP contribution in [0.5, 0.6) is 0 Å². The van der Waals surface area contributed by atoms with Gasteiger partial charge in [0.15, 0.2) is 0 Å². The highest BCUT2D eigenvalue weighted by atomic mass is 79.9. The Kier molecular flexibility index (Phi) is 3.85. The number of para-hydroxylation sites is 1. The van der Waals surface area contributed by atoms with Crippen molar-refractivity contribution in [3.05, 3.63) is 62.1 Å². The molecule has 3 aromatic rings. The highest BCUT2D eigenvalue weighted by Gasteiger charge is 2.10. The monoisotopic (exact) mass is 363 g/mol. The molecule has 0 fully saturated rings. The summed E-state index contributed by atoms with van der Waals surface area (Å²) in [4.78, 5) is 14.7. The normalized spacial score (nSPS) is 10.7. The first-order chi connectivity index (χ1) is 10.1. The van der Waals surface area contributed by atoms with Crippen molar-refractivity contribution >= 4 is 48.9 Å². The van der Waals surface area contributed by atoms with E-state index >= 15 is 0 Å². The van der Waals surface area contributed by atoms with E-state index in [4.69, 9.17) is 0 Å². The van der Waals surface area contributed by atoms with Gasteiger partial charge in [0.25, 0.3) is 0 Å². The Morgan fingerprint density at radius 2 is 2.24 bits per heavy atom. The van der Waals surface area contributed by atoms with Crippen LogP contribution in [0.25, 0.3) is 10.9 Å². The third kappa shape index (κ3) is 3.03. The van der Waals surface area contributed by atoms with Crippen LogP contribution in [0.15, 0.2) is 46.4 Å². The van der Waals surface area contributed by atoms with Gasteiger partial charge in [-0.1, -0.05) is 23.5 Å². The van der Waals surface area contributed by atoms with Crippen LogP contribution in [0.3, 0.4) is 0 Å². The minimum atomic E-state index is -0.370. The van der Waals surface area contributed by atoms with Crippen molar-refractivity contribution in [3.63, 3.8) is 0 Å². The number of pyridine rings is 1. The summed E-state index contributed by atoms with van der Waals surface area (Å²) in [6, 6.07) is 9.49. The van der Waals surface area contributed by atoms with Crippen LogP contribution >= 0.6 is 27.3 Å².